The summed E-state index contributed by atoms with van der Waals surface area (Å²) in [6.07, 6.45) is 2.01. The van der Waals surface area contributed by atoms with Gasteiger partial charge in [-0.3, -0.25) is 6.29 Å². The summed E-state index contributed by atoms with van der Waals surface area (Å²) < 4.78 is 5.77. The third kappa shape index (κ3) is 8.76. The van der Waals surface area contributed by atoms with E-state index in [0.717, 1.165) is 5.75 Å². The summed E-state index contributed by atoms with van der Waals surface area (Å²) in [5.41, 5.74) is 2.53. The van der Waals surface area contributed by atoms with Crippen molar-refractivity contribution in [3.8, 4) is 5.75 Å². The van der Waals surface area contributed by atoms with Crippen LogP contribution in [0.25, 0.3) is 0 Å². The number of ether oxygens (including phenoxy) is 1. The van der Waals surface area contributed by atoms with Gasteiger partial charge in [-0.25, -0.2) is 0 Å². The average Bonchev–Trinajstić information content (AvgIpc) is 2.28. The van der Waals surface area contributed by atoms with Gasteiger partial charge in [0.25, 0.3) is 0 Å². The Morgan fingerprint density at radius 2 is 1.65 bits per heavy atom. The van der Waals surface area contributed by atoms with Crippen molar-refractivity contribution in [1.29, 1.82) is 0 Å². The summed E-state index contributed by atoms with van der Waals surface area (Å²) in [6.45, 7) is 14.1. The van der Waals surface area contributed by atoms with Gasteiger partial charge in [0.2, 0.25) is 0 Å². The fourth-order valence-electron chi connectivity index (χ4n) is 1.63. The number of rotatable bonds is 4. The molecule has 1 radical (unpaired) electrons. The van der Waals surface area contributed by atoms with Gasteiger partial charge in [-0.15, -0.1) is 23.1 Å². The topological polar surface area (TPSA) is 26.3 Å². The molecule has 0 unspecified atom stereocenters. The molecule has 1 rings (SSSR count). The van der Waals surface area contributed by atoms with Crippen molar-refractivity contribution < 1.29 is 42.2 Å². The van der Waals surface area contributed by atoms with Crippen LogP contribution < -0.4 is 4.74 Å². The van der Waals surface area contributed by atoms with Crippen LogP contribution in [-0.4, -0.2) is 12.4 Å². The Kier molecular flexibility index (Phi) is 12.4. The van der Waals surface area contributed by atoms with E-state index < -0.39 is 0 Å². The van der Waals surface area contributed by atoms with Gasteiger partial charge < -0.3 is 9.53 Å². The van der Waals surface area contributed by atoms with Crippen LogP contribution in [0, 0.1) is 18.8 Å². The van der Waals surface area contributed by atoms with E-state index in [0.29, 0.717) is 0 Å². The van der Waals surface area contributed by atoms with E-state index in [1.165, 1.54) is 17.0 Å². The van der Waals surface area contributed by atoms with Crippen LogP contribution in [0.15, 0.2) is 18.2 Å². The van der Waals surface area contributed by atoms with Gasteiger partial charge >= 0.3 is 0 Å². The molecule has 0 saturated carbocycles. The van der Waals surface area contributed by atoms with Crippen LogP contribution in [0.4, 0.5) is 0 Å². The molecule has 0 saturated heterocycles. The molecule has 0 atom stereocenters. The van der Waals surface area contributed by atoms with Gasteiger partial charge in [-0.2, -0.15) is 5.92 Å². The fraction of sp³-hybridized carbons (Fsp3) is 0.529. The van der Waals surface area contributed by atoms with Gasteiger partial charge in [0.1, 0.15) is 0 Å². The molecule has 20 heavy (non-hydrogen) atoms. The molecule has 0 amide bonds. The molecule has 0 N–H and O–H groups in total. The zero-order valence-corrected chi connectivity index (χ0v) is 16.6. The van der Waals surface area contributed by atoms with Crippen molar-refractivity contribution in [2.24, 2.45) is 5.92 Å². The number of hydrogen-bond donors (Lipinski definition) is 0. The number of hydrogen-bond acceptors (Lipinski definition) is 2. The van der Waals surface area contributed by atoms with E-state index in [1.807, 2.05) is 12.1 Å². The predicted octanol–water partition coefficient (Wildman–Crippen LogP) is 4.49. The Hall–Kier alpha value is -0.336. The second kappa shape index (κ2) is 11.3. The molecule has 0 aliphatic rings. The molecule has 1 aromatic rings. The van der Waals surface area contributed by atoms with Gasteiger partial charge in [0.15, 0.2) is 0 Å². The van der Waals surface area contributed by atoms with Crippen molar-refractivity contribution in [3.63, 3.8) is 0 Å². The Labute approximate surface area is 149 Å². The van der Waals surface area contributed by atoms with E-state index in [9.17, 15) is 4.79 Å². The molecular weight excluding hydrogens is 325 g/mol. The minimum absolute atomic E-state index is 0. The van der Waals surface area contributed by atoms with Crippen molar-refractivity contribution in [2.75, 3.05) is 0 Å². The van der Waals surface area contributed by atoms with Crippen LogP contribution in [0.5, 0.6) is 5.75 Å². The van der Waals surface area contributed by atoms with Crippen molar-refractivity contribution in [2.45, 2.75) is 54.6 Å². The number of carbonyl (C=O) groups excluding carboxylic acids is 1. The maximum Gasteiger partial charge on any atom is 0.0767 e. The molecule has 0 heterocycles. The minimum atomic E-state index is 0. The molecule has 0 aromatic heterocycles. The van der Waals surface area contributed by atoms with E-state index in [4.69, 9.17) is 4.74 Å². The van der Waals surface area contributed by atoms with Gasteiger partial charge in [-0.05, 0) is 13.8 Å². The summed E-state index contributed by atoms with van der Waals surface area (Å²) in [7, 11) is 0. The van der Waals surface area contributed by atoms with E-state index in [1.54, 1.807) is 20.1 Å². The van der Waals surface area contributed by atoms with Crippen LogP contribution in [0.1, 0.15) is 52.7 Å². The standard InChI is InChI=1S/C13H19O.C4H7O.Y/c1-9(2)13-11(5)7-6-8-12(13)14-10(3)4;1-4(2)3-5;/h6-8,10H,1-5H3;4H,1-2H3;/q2*-1;. The maximum absolute atomic E-state index is 9.38. The smallest absolute Gasteiger partial charge is 0.0767 e. The molecule has 2 nitrogen and oxygen atoms in total. The Bertz CT molecular complexity index is 385. The number of aryl methyl sites for hydroxylation is 1. The van der Waals surface area contributed by atoms with Crippen LogP contribution >= 0.6 is 0 Å². The summed E-state index contributed by atoms with van der Waals surface area (Å²) >= 11 is 0. The van der Waals surface area contributed by atoms with Crippen molar-refractivity contribution >= 4 is 6.29 Å². The second-order valence-electron chi connectivity index (χ2n) is 5.39. The first-order chi connectivity index (χ1) is 8.79. The maximum atomic E-state index is 9.38. The first-order valence-corrected chi connectivity index (χ1v) is 6.74. The van der Waals surface area contributed by atoms with Crippen LogP contribution in [0.2, 0.25) is 0 Å². The molecule has 111 valence electrons. The average molecular weight is 351 g/mol. The Morgan fingerprint density at radius 1 is 1.15 bits per heavy atom. The third-order valence-corrected chi connectivity index (χ3v) is 2.33. The Morgan fingerprint density at radius 3 is 2.00 bits per heavy atom. The zero-order chi connectivity index (χ0) is 15.0. The van der Waals surface area contributed by atoms with Crippen molar-refractivity contribution in [1.82, 2.24) is 0 Å². The summed E-state index contributed by atoms with van der Waals surface area (Å²) in [5, 5.41) is 0. The predicted molar refractivity (Wildman–Crippen MR) is 81.2 cm³/mol. The SMILES string of the molecule is CC(C)[C-]=O.Cc1cccc(OC(C)C)c1[C-](C)C.[Y]. The molecule has 0 fully saturated rings. The molecule has 0 spiro atoms. The Balaban J connectivity index is 0. The normalized spacial score (nSPS) is 9.45. The molecule has 3 heteroatoms. The molecule has 0 aliphatic heterocycles. The van der Waals surface area contributed by atoms with Gasteiger partial charge in [0, 0.05) is 38.5 Å². The van der Waals surface area contributed by atoms with Gasteiger partial charge in [0.05, 0.1) is 6.10 Å². The quantitative estimate of drug-likeness (QED) is 0.747. The number of benzene rings is 1. The van der Waals surface area contributed by atoms with E-state index in [2.05, 4.69) is 40.7 Å². The largest absolute Gasteiger partial charge is 0.548 e. The minimum Gasteiger partial charge on any atom is -0.548 e. The monoisotopic (exact) mass is 351 g/mol. The van der Waals surface area contributed by atoms with E-state index >= 15 is 0 Å². The van der Waals surface area contributed by atoms with Gasteiger partial charge in [-0.1, -0.05) is 46.8 Å². The first-order valence-electron chi connectivity index (χ1n) is 6.74. The first kappa shape index (κ1) is 22.0. The zero-order valence-electron chi connectivity index (χ0n) is 13.8. The van der Waals surface area contributed by atoms with Crippen LogP contribution in [-0.2, 0) is 37.5 Å². The van der Waals surface area contributed by atoms with Crippen molar-refractivity contribution in [3.05, 3.63) is 35.2 Å². The summed E-state index contributed by atoms with van der Waals surface area (Å²) in [4.78, 5) is 9.38. The molecule has 1 aromatic carbocycles. The van der Waals surface area contributed by atoms with E-state index in [-0.39, 0.29) is 44.7 Å². The summed E-state index contributed by atoms with van der Waals surface area (Å²) in [5.74, 6) is 2.38. The molecule has 0 bridgehead atoms. The summed E-state index contributed by atoms with van der Waals surface area (Å²) in [6, 6.07) is 6.20. The molecular formula is C17H26O2Y-2. The fourth-order valence-corrected chi connectivity index (χ4v) is 1.63. The third-order valence-electron chi connectivity index (χ3n) is 2.33. The molecule has 0 aliphatic carbocycles. The second-order valence-corrected chi connectivity index (χ2v) is 5.39. The van der Waals surface area contributed by atoms with Crippen LogP contribution in [0.3, 0.4) is 0 Å².